The zero-order chi connectivity index (χ0) is 22.2. The number of benzene rings is 3. The van der Waals surface area contributed by atoms with Crippen molar-refractivity contribution in [1.29, 1.82) is 0 Å². The first kappa shape index (κ1) is 21.8. The van der Waals surface area contributed by atoms with Crippen molar-refractivity contribution in [2.75, 3.05) is 0 Å². The van der Waals surface area contributed by atoms with Gasteiger partial charge in [0.25, 0.3) is 5.91 Å². The minimum absolute atomic E-state index is 0.175. The summed E-state index contributed by atoms with van der Waals surface area (Å²) in [6.45, 7) is 0. The second-order valence-corrected chi connectivity index (χ2v) is 8.36. The predicted octanol–water partition coefficient (Wildman–Crippen LogP) is 5.30. The molecule has 3 atom stereocenters. The van der Waals surface area contributed by atoms with Crippen molar-refractivity contribution in [2.24, 2.45) is 0 Å². The molecule has 0 aromatic heterocycles. The number of nitrogens with one attached hydrogen (secondary N) is 1. The van der Waals surface area contributed by atoms with E-state index in [1.807, 2.05) is 66.7 Å². The molecule has 1 amide bonds. The normalized spacial score (nSPS) is 19.0. The number of hydrogen-bond acceptors (Lipinski definition) is 3. The molecule has 1 aliphatic carbocycles. The molecule has 4 heteroatoms. The minimum Gasteiger partial charge on any atom is -0.460 e. The Morgan fingerprint density at radius 3 is 2.09 bits per heavy atom. The highest BCUT2D eigenvalue weighted by molar-refractivity contribution is 5.96. The first-order valence-corrected chi connectivity index (χ1v) is 11.4. The van der Waals surface area contributed by atoms with E-state index in [2.05, 4.69) is 17.4 Å². The first-order chi connectivity index (χ1) is 15.7. The van der Waals surface area contributed by atoms with Gasteiger partial charge in [-0.1, -0.05) is 85.3 Å². The summed E-state index contributed by atoms with van der Waals surface area (Å²) in [4.78, 5) is 26.1. The average molecular weight is 428 g/mol. The monoisotopic (exact) mass is 427 g/mol. The smallest absolute Gasteiger partial charge is 0.329 e. The van der Waals surface area contributed by atoms with Crippen LogP contribution in [0, 0.1) is 0 Å². The van der Waals surface area contributed by atoms with Crippen LogP contribution >= 0.6 is 0 Å². The molecule has 164 valence electrons. The van der Waals surface area contributed by atoms with Crippen LogP contribution in [0.1, 0.15) is 53.1 Å². The summed E-state index contributed by atoms with van der Waals surface area (Å²) >= 11 is 0. The number of hydrogen-bond donors (Lipinski definition) is 1. The zero-order valence-corrected chi connectivity index (χ0v) is 18.2. The number of amides is 1. The highest BCUT2D eigenvalue weighted by Crippen LogP contribution is 2.35. The molecule has 4 rings (SSSR count). The maximum Gasteiger partial charge on any atom is 0.329 e. The first-order valence-electron chi connectivity index (χ1n) is 11.4. The fourth-order valence-electron chi connectivity index (χ4n) is 4.42. The number of esters is 1. The maximum atomic E-state index is 13.3. The summed E-state index contributed by atoms with van der Waals surface area (Å²) in [5.41, 5.74) is 2.71. The Bertz CT molecular complexity index is 1000. The number of carbonyl (C=O) groups is 2. The molecular weight excluding hydrogens is 398 g/mol. The van der Waals surface area contributed by atoms with Crippen molar-refractivity contribution in [3.8, 4) is 0 Å². The van der Waals surface area contributed by atoms with E-state index < -0.39 is 6.04 Å². The highest BCUT2D eigenvalue weighted by atomic mass is 16.5. The van der Waals surface area contributed by atoms with Gasteiger partial charge in [0.15, 0.2) is 0 Å². The summed E-state index contributed by atoms with van der Waals surface area (Å²) in [6.07, 6.45) is 4.23. The van der Waals surface area contributed by atoms with Gasteiger partial charge in [-0.25, -0.2) is 4.79 Å². The Morgan fingerprint density at radius 2 is 1.41 bits per heavy atom. The number of rotatable bonds is 7. The van der Waals surface area contributed by atoms with Gasteiger partial charge in [0.2, 0.25) is 0 Å². The fourth-order valence-corrected chi connectivity index (χ4v) is 4.42. The Kier molecular flexibility index (Phi) is 7.34. The van der Waals surface area contributed by atoms with Crippen molar-refractivity contribution < 1.29 is 14.3 Å². The zero-order valence-electron chi connectivity index (χ0n) is 18.2. The standard InChI is InChI=1S/C28H29NO3/c30-27(23-16-8-3-9-17-23)29-25(20-21-12-4-1-5-13-21)28(31)32-26-19-11-10-18-24(26)22-14-6-2-7-15-22/h1-9,12-17,24-26H,10-11,18-20H2,(H,29,30)/t24-,25?,26+/m1/s1. The van der Waals surface area contributed by atoms with Gasteiger partial charge < -0.3 is 10.1 Å². The summed E-state index contributed by atoms with van der Waals surface area (Å²) in [7, 11) is 0. The van der Waals surface area contributed by atoms with Crippen molar-refractivity contribution in [3.63, 3.8) is 0 Å². The third kappa shape index (κ3) is 5.64. The van der Waals surface area contributed by atoms with Crippen LogP contribution < -0.4 is 5.32 Å². The summed E-state index contributed by atoms with van der Waals surface area (Å²) in [5.74, 6) is -0.450. The van der Waals surface area contributed by atoms with Gasteiger partial charge in [0.05, 0.1) is 0 Å². The lowest BCUT2D eigenvalue weighted by Crippen LogP contribution is -2.45. The van der Waals surface area contributed by atoms with E-state index in [1.54, 1.807) is 12.1 Å². The SMILES string of the molecule is O=C(NC(Cc1ccccc1)C(=O)O[C@H]1CCCC[C@@H]1c1ccccc1)c1ccccc1. The van der Waals surface area contributed by atoms with Gasteiger partial charge in [0.1, 0.15) is 12.1 Å². The van der Waals surface area contributed by atoms with Crippen LogP contribution in [0.5, 0.6) is 0 Å². The van der Waals surface area contributed by atoms with Crippen molar-refractivity contribution in [3.05, 3.63) is 108 Å². The largest absolute Gasteiger partial charge is 0.460 e. The Hall–Kier alpha value is -3.40. The molecule has 4 nitrogen and oxygen atoms in total. The molecule has 0 aliphatic heterocycles. The van der Waals surface area contributed by atoms with Crippen LogP contribution in [-0.4, -0.2) is 24.0 Å². The Balaban J connectivity index is 1.51. The molecule has 1 unspecified atom stereocenters. The molecule has 3 aromatic carbocycles. The molecular formula is C28H29NO3. The highest BCUT2D eigenvalue weighted by Gasteiger charge is 2.32. The molecule has 0 heterocycles. The van der Waals surface area contributed by atoms with E-state index in [9.17, 15) is 9.59 Å². The molecule has 1 N–H and O–H groups in total. The summed E-state index contributed by atoms with van der Waals surface area (Å²) in [5, 5.41) is 2.91. The van der Waals surface area contributed by atoms with Gasteiger partial charge in [-0.05, 0) is 42.5 Å². The molecule has 0 radical (unpaired) electrons. The molecule has 0 saturated heterocycles. The van der Waals surface area contributed by atoms with Gasteiger partial charge in [0, 0.05) is 17.9 Å². The fraction of sp³-hybridized carbons (Fsp3) is 0.286. The molecule has 0 spiro atoms. The summed E-state index contributed by atoms with van der Waals surface area (Å²) < 4.78 is 6.08. The Morgan fingerprint density at radius 1 is 0.812 bits per heavy atom. The topological polar surface area (TPSA) is 55.4 Å². The molecule has 1 saturated carbocycles. The van der Waals surface area contributed by atoms with Crippen LogP contribution in [0.3, 0.4) is 0 Å². The lowest BCUT2D eigenvalue weighted by atomic mass is 9.81. The van der Waals surface area contributed by atoms with Crippen LogP contribution in [-0.2, 0) is 16.0 Å². The molecule has 32 heavy (non-hydrogen) atoms. The molecule has 3 aromatic rings. The lowest BCUT2D eigenvalue weighted by Gasteiger charge is -2.32. The second-order valence-electron chi connectivity index (χ2n) is 8.36. The van der Waals surface area contributed by atoms with Crippen LogP contribution in [0.2, 0.25) is 0 Å². The second kappa shape index (κ2) is 10.8. The number of ether oxygens (including phenoxy) is 1. The minimum atomic E-state index is -0.747. The molecule has 1 fully saturated rings. The third-order valence-corrected chi connectivity index (χ3v) is 6.11. The van der Waals surface area contributed by atoms with E-state index >= 15 is 0 Å². The van der Waals surface area contributed by atoms with Crippen molar-refractivity contribution >= 4 is 11.9 Å². The lowest BCUT2D eigenvalue weighted by molar-refractivity contribution is -0.154. The predicted molar refractivity (Wildman–Crippen MR) is 125 cm³/mol. The maximum absolute atomic E-state index is 13.3. The van der Waals surface area contributed by atoms with Gasteiger partial charge >= 0.3 is 5.97 Å². The van der Waals surface area contributed by atoms with E-state index in [0.717, 1.165) is 31.2 Å². The Labute approximate surface area is 189 Å². The quantitative estimate of drug-likeness (QED) is 0.521. The van der Waals surface area contributed by atoms with Crippen LogP contribution in [0.4, 0.5) is 0 Å². The summed E-state index contributed by atoms with van der Waals surface area (Å²) in [6, 6.07) is 28.2. The van der Waals surface area contributed by atoms with Crippen LogP contribution in [0.25, 0.3) is 0 Å². The van der Waals surface area contributed by atoms with Crippen molar-refractivity contribution in [1.82, 2.24) is 5.32 Å². The van der Waals surface area contributed by atoms with Gasteiger partial charge in [-0.2, -0.15) is 0 Å². The van der Waals surface area contributed by atoms with Gasteiger partial charge in [-0.3, -0.25) is 4.79 Å². The van der Waals surface area contributed by atoms with E-state index in [4.69, 9.17) is 4.74 Å². The van der Waals surface area contributed by atoms with E-state index in [1.165, 1.54) is 5.56 Å². The van der Waals surface area contributed by atoms with E-state index in [0.29, 0.717) is 12.0 Å². The van der Waals surface area contributed by atoms with Crippen LogP contribution in [0.15, 0.2) is 91.0 Å². The molecule has 1 aliphatic rings. The van der Waals surface area contributed by atoms with Gasteiger partial charge in [-0.15, -0.1) is 0 Å². The molecule has 0 bridgehead atoms. The number of carbonyl (C=O) groups excluding carboxylic acids is 2. The third-order valence-electron chi connectivity index (χ3n) is 6.11. The van der Waals surface area contributed by atoms with Crippen molar-refractivity contribution in [2.45, 2.75) is 50.2 Å². The average Bonchev–Trinajstić information content (AvgIpc) is 2.85. The van der Waals surface area contributed by atoms with E-state index in [-0.39, 0.29) is 23.9 Å².